The number of nitrogens with zero attached hydrogens (tertiary/aromatic N) is 4. The SMILES string of the molecule is Cc1noc(CN(C)Cc2ccc(N3CCCCC3)cc2)n1. The minimum absolute atomic E-state index is 0.671. The van der Waals surface area contributed by atoms with Crippen LogP contribution in [0.5, 0.6) is 0 Å². The van der Waals surface area contributed by atoms with Gasteiger partial charge in [-0.1, -0.05) is 17.3 Å². The minimum Gasteiger partial charge on any atom is -0.372 e. The lowest BCUT2D eigenvalue weighted by atomic mass is 10.1. The first kappa shape index (κ1) is 15.0. The van der Waals surface area contributed by atoms with Gasteiger partial charge in [0.2, 0.25) is 5.89 Å². The van der Waals surface area contributed by atoms with Gasteiger partial charge in [-0.3, -0.25) is 4.90 Å². The molecule has 22 heavy (non-hydrogen) atoms. The molecule has 1 saturated heterocycles. The maximum atomic E-state index is 5.16. The Morgan fingerprint density at radius 1 is 1.09 bits per heavy atom. The van der Waals surface area contributed by atoms with E-state index in [1.807, 2.05) is 6.92 Å². The maximum absolute atomic E-state index is 5.16. The summed E-state index contributed by atoms with van der Waals surface area (Å²) in [5.74, 6) is 1.36. The molecule has 3 rings (SSSR count). The highest BCUT2D eigenvalue weighted by Gasteiger charge is 2.11. The molecule has 5 heteroatoms. The van der Waals surface area contributed by atoms with E-state index in [0.717, 1.165) is 6.54 Å². The van der Waals surface area contributed by atoms with E-state index >= 15 is 0 Å². The van der Waals surface area contributed by atoms with Crippen LogP contribution >= 0.6 is 0 Å². The van der Waals surface area contributed by atoms with E-state index in [0.29, 0.717) is 18.3 Å². The van der Waals surface area contributed by atoms with Crippen molar-refractivity contribution in [3.63, 3.8) is 0 Å². The van der Waals surface area contributed by atoms with E-state index in [-0.39, 0.29) is 0 Å². The number of anilines is 1. The van der Waals surface area contributed by atoms with Crippen LogP contribution in [0, 0.1) is 6.92 Å². The molecule has 0 aliphatic carbocycles. The van der Waals surface area contributed by atoms with E-state index in [9.17, 15) is 0 Å². The smallest absolute Gasteiger partial charge is 0.240 e. The Bertz CT molecular complexity index is 587. The van der Waals surface area contributed by atoms with Crippen molar-refractivity contribution in [3.8, 4) is 0 Å². The van der Waals surface area contributed by atoms with Gasteiger partial charge in [-0.25, -0.2) is 0 Å². The van der Waals surface area contributed by atoms with Crippen LogP contribution in [0.2, 0.25) is 0 Å². The van der Waals surface area contributed by atoms with Crippen molar-refractivity contribution in [3.05, 3.63) is 41.5 Å². The molecule has 0 saturated carbocycles. The Balaban J connectivity index is 1.56. The minimum atomic E-state index is 0.671. The molecule has 5 nitrogen and oxygen atoms in total. The lowest BCUT2D eigenvalue weighted by Crippen LogP contribution is -2.29. The predicted molar refractivity (Wildman–Crippen MR) is 86.7 cm³/mol. The molecule has 1 aliphatic rings. The Morgan fingerprint density at radius 2 is 1.82 bits per heavy atom. The van der Waals surface area contributed by atoms with Crippen LogP contribution in [0.25, 0.3) is 0 Å². The van der Waals surface area contributed by atoms with Crippen LogP contribution in [0.15, 0.2) is 28.8 Å². The summed E-state index contributed by atoms with van der Waals surface area (Å²) < 4.78 is 5.16. The largest absolute Gasteiger partial charge is 0.372 e. The van der Waals surface area contributed by atoms with Gasteiger partial charge in [0.25, 0.3) is 0 Å². The van der Waals surface area contributed by atoms with Crippen molar-refractivity contribution in [2.45, 2.75) is 39.3 Å². The Kier molecular flexibility index (Phi) is 4.73. The third-order valence-electron chi connectivity index (χ3n) is 4.08. The lowest BCUT2D eigenvalue weighted by molar-refractivity contribution is 0.260. The highest BCUT2D eigenvalue weighted by atomic mass is 16.5. The van der Waals surface area contributed by atoms with E-state index in [2.05, 4.69) is 51.3 Å². The summed E-state index contributed by atoms with van der Waals surface area (Å²) in [6.07, 6.45) is 4.00. The molecule has 1 aliphatic heterocycles. The molecule has 0 atom stereocenters. The number of piperidine rings is 1. The van der Waals surface area contributed by atoms with Crippen molar-refractivity contribution < 1.29 is 4.52 Å². The van der Waals surface area contributed by atoms with Gasteiger partial charge in [0.15, 0.2) is 5.82 Å². The normalized spacial score (nSPS) is 15.5. The fraction of sp³-hybridized carbons (Fsp3) is 0.529. The van der Waals surface area contributed by atoms with Gasteiger partial charge >= 0.3 is 0 Å². The number of benzene rings is 1. The van der Waals surface area contributed by atoms with Crippen LogP contribution in [0.1, 0.15) is 36.5 Å². The number of hydrogen-bond donors (Lipinski definition) is 0. The summed E-state index contributed by atoms with van der Waals surface area (Å²) in [7, 11) is 2.07. The zero-order chi connectivity index (χ0) is 15.4. The second-order valence-corrected chi connectivity index (χ2v) is 6.12. The van der Waals surface area contributed by atoms with Gasteiger partial charge in [-0.05, 0) is 50.9 Å². The first-order valence-corrected chi connectivity index (χ1v) is 8.02. The Labute approximate surface area is 131 Å². The standard InChI is InChI=1S/C17H24N4O/c1-14-18-17(22-19-14)13-20(2)12-15-6-8-16(9-7-15)21-10-4-3-5-11-21/h6-9H,3-5,10-13H2,1-2H3. The summed E-state index contributed by atoms with van der Waals surface area (Å²) in [4.78, 5) is 8.91. The zero-order valence-electron chi connectivity index (χ0n) is 13.5. The molecule has 0 bridgehead atoms. The van der Waals surface area contributed by atoms with Crippen molar-refractivity contribution in [2.75, 3.05) is 25.0 Å². The van der Waals surface area contributed by atoms with E-state index in [1.54, 1.807) is 0 Å². The second kappa shape index (κ2) is 6.92. The first-order chi connectivity index (χ1) is 10.7. The molecule has 0 amide bonds. The topological polar surface area (TPSA) is 45.4 Å². The number of aryl methyl sites for hydroxylation is 1. The fourth-order valence-corrected chi connectivity index (χ4v) is 2.97. The monoisotopic (exact) mass is 300 g/mol. The quantitative estimate of drug-likeness (QED) is 0.849. The van der Waals surface area contributed by atoms with Gasteiger partial charge in [0.1, 0.15) is 0 Å². The lowest BCUT2D eigenvalue weighted by Gasteiger charge is -2.29. The second-order valence-electron chi connectivity index (χ2n) is 6.12. The van der Waals surface area contributed by atoms with Crippen LogP contribution < -0.4 is 4.90 Å². The van der Waals surface area contributed by atoms with Crippen molar-refractivity contribution >= 4 is 5.69 Å². The molecule has 118 valence electrons. The number of aromatic nitrogens is 2. The van der Waals surface area contributed by atoms with Crippen molar-refractivity contribution in [1.29, 1.82) is 0 Å². The third-order valence-corrected chi connectivity index (χ3v) is 4.08. The highest BCUT2D eigenvalue weighted by molar-refractivity contribution is 5.47. The van der Waals surface area contributed by atoms with E-state index in [1.165, 1.54) is 43.6 Å². The molecule has 0 radical (unpaired) electrons. The average Bonchev–Trinajstić information content (AvgIpc) is 2.94. The van der Waals surface area contributed by atoms with Crippen LogP contribution in [-0.4, -0.2) is 35.2 Å². The summed E-state index contributed by atoms with van der Waals surface area (Å²) in [5, 5.41) is 3.82. The third kappa shape index (κ3) is 3.85. The molecule has 0 unspecified atom stereocenters. The van der Waals surface area contributed by atoms with Gasteiger partial charge in [-0.15, -0.1) is 0 Å². The molecule has 2 aromatic rings. The van der Waals surface area contributed by atoms with Crippen LogP contribution in [0.3, 0.4) is 0 Å². The average molecular weight is 300 g/mol. The van der Waals surface area contributed by atoms with E-state index in [4.69, 9.17) is 4.52 Å². The maximum Gasteiger partial charge on any atom is 0.240 e. The van der Waals surface area contributed by atoms with Gasteiger partial charge in [0.05, 0.1) is 6.54 Å². The zero-order valence-corrected chi connectivity index (χ0v) is 13.5. The molecular weight excluding hydrogens is 276 g/mol. The summed E-state index contributed by atoms with van der Waals surface area (Å²) >= 11 is 0. The Hall–Kier alpha value is -1.88. The van der Waals surface area contributed by atoms with Gasteiger partial charge in [-0.2, -0.15) is 4.98 Å². The Morgan fingerprint density at radius 3 is 2.45 bits per heavy atom. The van der Waals surface area contributed by atoms with Gasteiger partial charge in [0, 0.05) is 25.3 Å². The van der Waals surface area contributed by atoms with E-state index < -0.39 is 0 Å². The molecule has 0 spiro atoms. The predicted octanol–water partition coefficient (Wildman–Crippen LogP) is 3.00. The summed E-state index contributed by atoms with van der Waals surface area (Å²) in [6.45, 7) is 5.77. The molecule has 1 fully saturated rings. The number of rotatable bonds is 5. The molecule has 1 aromatic heterocycles. The van der Waals surface area contributed by atoms with Gasteiger partial charge < -0.3 is 9.42 Å². The highest BCUT2D eigenvalue weighted by Crippen LogP contribution is 2.20. The number of hydrogen-bond acceptors (Lipinski definition) is 5. The first-order valence-electron chi connectivity index (χ1n) is 8.02. The molecule has 2 heterocycles. The van der Waals surface area contributed by atoms with Crippen molar-refractivity contribution in [2.24, 2.45) is 0 Å². The molecule has 0 N–H and O–H groups in total. The summed E-state index contributed by atoms with van der Waals surface area (Å²) in [5.41, 5.74) is 2.65. The summed E-state index contributed by atoms with van der Waals surface area (Å²) in [6, 6.07) is 8.93. The van der Waals surface area contributed by atoms with Crippen molar-refractivity contribution in [1.82, 2.24) is 15.0 Å². The molecule has 1 aromatic carbocycles. The van der Waals surface area contributed by atoms with Crippen LogP contribution in [0.4, 0.5) is 5.69 Å². The fourth-order valence-electron chi connectivity index (χ4n) is 2.97. The molecular formula is C17H24N4O. The van der Waals surface area contributed by atoms with Crippen LogP contribution in [-0.2, 0) is 13.1 Å².